The van der Waals surface area contributed by atoms with Crippen LogP contribution in [0.5, 0.6) is 0 Å². The topological polar surface area (TPSA) is 17.8 Å². The van der Waals surface area contributed by atoms with Crippen LogP contribution < -0.4 is 0 Å². The Kier molecular flexibility index (Phi) is 5.73. The summed E-state index contributed by atoms with van der Waals surface area (Å²) < 4.78 is 2.08. The zero-order chi connectivity index (χ0) is 16.8. The maximum absolute atomic E-state index is 6.41. The summed E-state index contributed by atoms with van der Waals surface area (Å²) in [5.41, 5.74) is 2.18. The van der Waals surface area contributed by atoms with Crippen LogP contribution in [0.1, 0.15) is 23.5 Å². The van der Waals surface area contributed by atoms with Gasteiger partial charge in [-0.05, 0) is 29.7 Å². The summed E-state index contributed by atoms with van der Waals surface area (Å²) in [5, 5.41) is 1.56. The van der Waals surface area contributed by atoms with Gasteiger partial charge in [-0.3, -0.25) is 0 Å². The van der Waals surface area contributed by atoms with E-state index in [0.29, 0.717) is 0 Å². The van der Waals surface area contributed by atoms with Crippen molar-refractivity contribution in [3.05, 3.63) is 94.5 Å². The van der Waals surface area contributed by atoms with Gasteiger partial charge in [-0.25, -0.2) is 4.98 Å². The van der Waals surface area contributed by atoms with Crippen LogP contribution in [0.15, 0.2) is 73.3 Å². The predicted molar refractivity (Wildman–Crippen MR) is 102 cm³/mol. The van der Waals surface area contributed by atoms with Crippen LogP contribution in [-0.2, 0) is 6.54 Å². The van der Waals surface area contributed by atoms with Crippen molar-refractivity contribution < 1.29 is 0 Å². The molecule has 0 amide bonds. The first-order chi connectivity index (χ1) is 11.7. The van der Waals surface area contributed by atoms with Gasteiger partial charge < -0.3 is 4.57 Å². The lowest BCUT2D eigenvalue weighted by molar-refractivity contribution is 0.564. The van der Waals surface area contributed by atoms with Gasteiger partial charge in [-0.1, -0.05) is 71.8 Å². The molecule has 2 aromatic carbocycles. The normalized spacial score (nSPS) is 12.6. The van der Waals surface area contributed by atoms with Crippen molar-refractivity contribution in [2.75, 3.05) is 0 Å². The van der Waals surface area contributed by atoms with Crippen LogP contribution >= 0.6 is 23.2 Å². The molecule has 0 spiro atoms. The summed E-state index contributed by atoms with van der Waals surface area (Å²) in [5.74, 6) is 0.270. The van der Waals surface area contributed by atoms with E-state index in [9.17, 15) is 0 Å². The van der Waals surface area contributed by atoms with E-state index in [4.69, 9.17) is 23.2 Å². The zero-order valence-corrected chi connectivity index (χ0v) is 14.7. The van der Waals surface area contributed by atoms with Crippen LogP contribution in [0.3, 0.4) is 0 Å². The Balaban J connectivity index is 1.80. The maximum Gasteiger partial charge on any atom is 0.0946 e. The third-order valence-corrected chi connectivity index (χ3v) is 4.65. The molecule has 0 bridgehead atoms. The highest BCUT2D eigenvalue weighted by molar-refractivity contribution is 6.32. The standard InChI is InChI=1S/C20H18Cl2N2/c21-19-10-3-1-6-16(19)7-5-8-17(14-24-13-12-23-15-24)18-9-2-4-11-20(18)22/h1-7,9-13,15,17H,8,14H2. The van der Waals surface area contributed by atoms with E-state index >= 15 is 0 Å². The highest BCUT2D eigenvalue weighted by Crippen LogP contribution is 2.29. The van der Waals surface area contributed by atoms with Gasteiger partial charge in [-0.15, -0.1) is 0 Å². The maximum atomic E-state index is 6.41. The Morgan fingerprint density at radius 2 is 1.75 bits per heavy atom. The summed E-state index contributed by atoms with van der Waals surface area (Å²) in [6, 6.07) is 15.9. The molecule has 1 heterocycles. The van der Waals surface area contributed by atoms with Crippen molar-refractivity contribution in [1.82, 2.24) is 9.55 Å². The van der Waals surface area contributed by atoms with Gasteiger partial charge in [0.25, 0.3) is 0 Å². The number of hydrogen-bond acceptors (Lipinski definition) is 1. The third-order valence-electron chi connectivity index (χ3n) is 3.96. The molecule has 0 N–H and O–H groups in total. The number of halogens is 2. The fourth-order valence-electron chi connectivity index (χ4n) is 2.72. The first-order valence-electron chi connectivity index (χ1n) is 7.85. The molecular weight excluding hydrogens is 339 g/mol. The Labute approximate surface area is 152 Å². The summed E-state index contributed by atoms with van der Waals surface area (Å²) in [6.45, 7) is 0.830. The highest BCUT2D eigenvalue weighted by Gasteiger charge is 2.14. The summed E-state index contributed by atoms with van der Waals surface area (Å²) in [4.78, 5) is 4.13. The molecule has 3 rings (SSSR count). The van der Waals surface area contributed by atoms with E-state index in [1.54, 1.807) is 6.20 Å². The number of hydrogen-bond donors (Lipinski definition) is 0. The molecule has 1 atom stereocenters. The molecule has 0 saturated heterocycles. The Bertz CT molecular complexity index is 810. The number of allylic oxidation sites excluding steroid dienone is 1. The minimum Gasteiger partial charge on any atom is -0.337 e. The summed E-state index contributed by atoms with van der Waals surface area (Å²) in [7, 11) is 0. The van der Waals surface area contributed by atoms with E-state index in [0.717, 1.165) is 34.1 Å². The van der Waals surface area contributed by atoms with E-state index in [2.05, 4.69) is 27.8 Å². The molecule has 4 heteroatoms. The minimum absolute atomic E-state index is 0.270. The van der Waals surface area contributed by atoms with Crippen molar-refractivity contribution in [1.29, 1.82) is 0 Å². The largest absolute Gasteiger partial charge is 0.337 e. The van der Waals surface area contributed by atoms with Gasteiger partial charge in [0.1, 0.15) is 0 Å². The number of rotatable bonds is 6. The van der Waals surface area contributed by atoms with Gasteiger partial charge in [0.15, 0.2) is 0 Å². The molecule has 0 radical (unpaired) electrons. The quantitative estimate of drug-likeness (QED) is 0.523. The Morgan fingerprint density at radius 1 is 1.00 bits per heavy atom. The zero-order valence-electron chi connectivity index (χ0n) is 13.1. The van der Waals surface area contributed by atoms with E-state index in [1.165, 1.54) is 0 Å². The molecule has 24 heavy (non-hydrogen) atoms. The van der Waals surface area contributed by atoms with Crippen LogP contribution in [-0.4, -0.2) is 9.55 Å². The van der Waals surface area contributed by atoms with E-state index in [-0.39, 0.29) is 5.92 Å². The molecule has 0 aliphatic heterocycles. The molecule has 0 saturated carbocycles. The molecule has 0 fully saturated rings. The molecule has 2 nitrogen and oxygen atoms in total. The lowest BCUT2D eigenvalue weighted by Crippen LogP contribution is -2.08. The first-order valence-corrected chi connectivity index (χ1v) is 8.61. The second-order valence-corrected chi connectivity index (χ2v) is 6.45. The molecule has 0 aliphatic carbocycles. The number of imidazole rings is 1. The fraction of sp³-hybridized carbons (Fsp3) is 0.150. The molecular formula is C20H18Cl2N2. The van der Waals surface area contributed by atoms with Gasteiger partial charge in [0.05, 0.1) is 6.33 Å². The van der Waals surface area contributed by atoms with Crippen molar-refractivity contribution in [2.24, 2.45) is 0 Å². The monoisotopic (exact) mass is 356 g/mol. The molecule has 1 aromatic heterocycles. The highest BCUT2D eigenvalue weighted by atomic mass is 35.5. The molecule has 1 unspecified atom stereocenters. The predicted octanol–water partition coefficient (Wildman–Crippen LogP) is 6.08. The van der Waals surface area contributed by atoms with Crippen LogP contribution in [0, 0.1) is 0 Å². The van der Waals surface area contributed by atoms with Crippen molar-refractivity contribution in [3.63, 3.8) is 0 Å². The lowest BCUT2D eigenvalue weighted by Gasteiger charge is -2.17. The van der Waals surface area contributed by atoms with Crippen LogP contribution in [0.25, 0.3) is 6.08 Å². The van der Waals surface area contributed by atoms with Gasteiger partial charge in [0.2, 0.25) is 0 Å². The smallest absolute Gasteiger partial charge is 0.0946 e. The van der Waals surface area contributed by atoms with Gasteiger partial charge >= 0.3 is 0 Å². The SMILES string of the molecule is Clc1ccccc1C=CCC(Cn1ccnc1)c1ccccc1Cl. The number of aromatic nitrogens is 2. The average Bonchev–Trinajstić information content (AvgIpc) is 3.09. The number of nitrogens with zero attached hydrogens (tertiary/aromatic N) is 2. The fourth-order valence-corrected chi connectivity index (χ4v) is 3.21. The Hall–Kier alpha value is -2.03. The van der Waals surface area contributed by atoms with Crippen LogP contribution in [0.4, 0.5) is 0 Å². The lowest BCUT2D eigenvalue weighted by atomic mass is 9.95. The second-order valence-electron chi connectivity index (χ2n) is 5.64. The number of benzene rings is 2. The van der Waals surface area contributed by atoms with Crippen molar-refractivity contribution in [3.8, 4) is 0 Å². The Morgan fingerprint density at radius 3 is 2.46 bits per heavy atom. The van der Waals surface area contributed by atoms with Crippen molar-refractivity contribution >= 4 is 29.3 Å². The molecule has 3 aromatic rings. The summed E-state index contributed by atoms with van der Waals surface area (Å²) >= 11 is 12.6. The van der Waals surface area contributed by atoms with E-state index in [1.807, 2.05) is 55.0 Å². The van der Waals surface area contributed by atoms with Gasteiger partial charge in [0, 0.05) is 34.9 Å². The van der Waals surface area contributed by atoms with Crippen LogP contribution in [0.2, 0.25) is 10.0 Å². The second kappa shape index (κ2) is 8.18. The minimum atomic E-state index is 0.270. The van der Waals surface area contributed by atoms with Gasteiger partial charge in [-0.2, -0.15) is 0 Å². The molecule has 122 valence electrons. The summed E-state index contributed by atoms with van der Waals surface area (Å²) in [6.07, 6.45) is 10.7. The third kappa shape index (κ3) is 4.28. The van der Waals surface area contributed by atoms with Crippen molar-refractivity contribution in [2.45, 2.75) is 18.9 Å². The average molecular weight is 357 g/mol. The van der Waals surface area contributed by atoms with E-state index < -0.39 is 0 Å². The molecule has 0 aliphatic rings. The first kappa shape index (κ1) is 16.8.